The van der Waals surface area contributed by atoms with E-state index in [-0.39, 0.29) is 17.8 Å². The first kappa shape index (κ1) is 23.3. The number of anilines is 1. The standard InChI is InChI=1S/C23H26N4O4S/c1-5-16-10-12-17(13-11-16)31-15(2)21-25-26-23(27(21)3)32-14-20(28)24-19-9-7-6-8-18(19)22(29)30-4/h6-13,15H,5,14H2,1-4H3,(H,24,28). The maximum atomic E-state index is 12.4. The molecule has 0 saturated heterocycles. The van der Waals surface area contributed by atoms with Gasteiger partial charge in [0.25, 0.3) is 0 Å². The molecule has 1 N–H and O–H groups in total. The lowest BCUT2D eigenvalue weighted by Crippen LogP contribution is -2.17. The minimum absolute atomic E-state index is 0.106. The fraction of sp³-hybridized carbons (Fsp3) is 0.304. The number of para-hydroxylation sites is 1. The number of methoxy groups -OCH3 is 1. The normalized spacial score (nSPS) is 11.6. The van der Waals surface area contributed by atoms with Gasteiger partial charge in [0.05, 0.1) is 24.1 Å². The van der Waals surface area contributed by atoms with Crippen molar-refractivity contribution in [1.82, 2.24) is 14.8 Å². The fourth-order valence-electron chi connectivity index (χ4n) is 3.06. The Morgan fingerprint density at radius 1 is 1.12 bits per heavy atom. The molecule has 32 heavy (non-hydrogen) atoms. The van der Waals surface area contributed by atoms with Crippen LogP contribution in [0.2, 0.25) is 0 Å². The molecule has 0 spiro atoms. The Kier molecular flexibility index (Phi) is 7.88. The third-order valence-corrected chi connectivity index (χ3v) is 5.84. The summed E-state index contributed by atoms with van der Waals surface area (Å²) < 4.78 is 12.6. The average Bonchev–Trinajstić information content (AvgIpc) is 3.18. The van der Waals surface area contributed by atoms with Gasteiger partial charge in [-0.3, -0.25) is 4.79 Å². The zero-order valence-electron chi connectivity index (χ0n) is 18.5. The SMILES string of the molecule is CCc1ccc(OC(C)c2nnc(SCC(=O)Nc3ccccc3C(=O)OC)n2C)cc1. The Morgan fingerprint density at radius 2 is 1.84 bits per heavy atom. The number of carbonyl (C=O) groups is 2. The molecule has 0 aliphatic rings. The number of nitrogens with zero attached hydrogens (tertiary/aromatic N) is 3. The van der Waals surface area contributed by atoms with E-state index in [1.54, 1.807) is 24.3 Å². The number of carbonyl (C=O) groups excluding carboxylic acids is 2. The number of nitrogens with one attached hydrogen (secondary N) is 1. The Morgan fingerprint density at radius 3 is 2.53 bits per heavy atom. The highest BCUT2D eigenvalue weighted by molar-refractivity contribution is 7.99. The van der Waals surface area contributed by atoms with Gasteiger partial charge in [-0.2, -0.15) is 0 Å². The smallest absolute Gasteiger partial charge is 0.339 e. The quantitative estimate of drug-likeness (QED) is 0.385. The van der Waals surface area contributed by atoms with Gasteiger partial charge in [-0.25, -0.2) is 4.79 Å². The molecule has 0 aliphatic heterocycles. The third-order valence-electron chi connectivity index (χ3n) is 4.82. The molecule has 2 aromatic carbocycles. The average molecular weight is 455 g/mol. The van der Waals surface area contributed by atoms with Gasteiger partial charge in [-0.1, -0.05) is 43.0 Å². The molecule has 1 heterocycles. The van der Waals surface area contributed by atoms with Gasteiger partial charge in [0.1, 0.15) is 5.75 Å². The molecule has 3 aromatic rings. The van der Waals surface area contributed by atoms with Crippen LogP contribution in [0.5, 0.6) is 5.75 Å². The Balaban J connectivity index is 1.60. The first-order valence-corrected chi connectivity index (χ1v) is 11.2. The number of aryl methyl sites for hydroxylation is 1. The molecule has 0 fully saturated rings. The topological polar surface area (TPSA) is 95.3 Å². The van der Waals surface area contributed by atoms with Gasteiger partial charge >= 0.3 is 5.97 Å². The summed E-state index contributed by atoms with van der Waals surface area (Å²) in [6.07, 6.45) is 0.664. The predicted octanol–water partition coefficient (Wildman–Crippen LogP) is 4.03. The van der Waals surface area contributed by atoms with E-state index in [0.717, 1.165) is 12.2 Å². The zero-order chi connectivity index (χ0) is 23.1. The van der Waals surface area contributed by atoms with E-state index in [0.29, 0.717) is 22.2 Å². The van der Waals surface area contributed by atoms with Gasteiger partial charge in [0.2, 0.25) is 5.91 Å². The maximum Gasteiger partial charge on any atom is 0.339 e. The summed E-state index contributed by atoms with van der Waals surface area (Å²) in [7, 11) is 3.13. The first-order valence-electron chi connectivity index (χ1n) is 10.2. The van der Waals surface area contributed by atoms with Crippen molar-refractivity contribution >= 4 is 29.3 Å². The predicted molar refractivity (Wildman–Crippen MR) is 123 cm³/mol. The van der Waals surface area contributed by atoms with E-state index in [4.69, 9.17) is 9.47 Å². The van der Waals surface area contributed by atoms with Crippen molar-refractivity contribution in [2.24, 2.45) is 7.05 Å². The lowest BCUT2D eigenvalue weighted by molar-refractivity contribution is -0.113. The Hall–Kier alpha value is -3.33. The molecule has 3 rings (SSSR count). The highest BCUT2D eigenvalue weighted by atomic mass is 32.2. The minimum Gasteiger partial charge on any atom is -0.483 e. The van der Waals surface area contributed by atoms with Crippen LogP contribution < -0.4 is 10.1 Å². The molecular formula is C23H26N4O4S. The molecule has 0 aliphatic carbocycles. The number of hydrogen-bond donors (Lipinski definition) is 1. The lowest BCUT2D eigenvalue weighted by Gasteiger charge is -2.14. The lowest BCUT2D eigenvalue weighted by atomic mass is 10.2. The number of amides is 1. The molecule has 0 saturated carbocycles. The first-order chi connectivity index (χ1) is 15.4. The second-order valence-corrected chi connectivity index (χ2v) is 7.97. The van der Waals surface area contributed by atoms with Gasteiger partial charge in [0.15, 0.2) is 17.1 Å². The number of aromatic nitrogens is 3. The van der Waals surface area contributed by atoms with E-state index in [9.17, 15) is 9.59 Å². The summed E-state index contributed by atoms with van der Waals surface area (Å²) in [5.74, 6) is 0.745. The molecule has 8 nitrogen and oxygen atoms in total. The van der Waals surface area contributed by atoms with Crippen molar-refractivity contribution in [1.29, 1.82) is 0 Å². The summed E-state index contributed by atoms with van der Waals surface area (Å²) in [6.45, 7) is 4.01. The van der Waals surface area contributed by atoms with Crippen molar-refractivity contribution in [3.63, 3.8) is 0 Å². The number of esters is 1. The van der Waals surface area contributed by atoms with E-state index >= 15 is 0 Å². The maximum absolute atomic E-state index is 12.4. The van der Waals surface area contributed by atoms with Gasteiger partial charge < -0.3 is 19.4 Å². The molecule has 1 atom stereocenters. The van der Waals surface area contributed by atoms with Crippen LogP contribution in [0.25, 0.3) is 0 Å². The summed E-state index contributed by atoms with van der Waals surface area (Å²) in [5.41, 5.74) is 1.95. The highest BCUT2D eigenvalue weighted by Crippen LogP contribution is 2.24. The number of ether oxygens (including phenoxy) is 2. The van der Waals surface area contributed by atoms with E-state index in [2.05, 4.69) is 22.4 Å². The van der Waals surface area contributed by atoms with Crippen molar-refractivity contribution in [2.45, 2.75) is 31.5 Å². The number of thioether (sulfide) groups is 1. The summed E-state index contributed by atoms with van der Waals surface area (Å²) in [4.78, 5) is 24.3. The van der Waals surface area contributed by atoms with Crippen LogP contribution in [0.4, 0.5) is 5.69 Å². The summed E-state index contributed by atoms with van der Waals surface area (Å²) in [5, 5.41) is 11.8. The molecule has 0 radical (unpaired) electrons. The van der Waals surface area contributed by atoms with E-state index < -0.39 is 5.97 Å². The van der Waals surface area contributed by atoms with Crippen LogP contribution in [0, 0.1) is 0 Å². The zero-order valence-corrected chi connectivity index (χ0v) is 19.3. The molecule has 0 bridgehead atoms. The number of rotatable bonds is 9. The largest absolute Gasteiger partial charge is 0.483 e. The van der Waals surface area contributed by atoms with Crippen LogP contribution in [0.1, 0.15) is 41.7 Å². The van der Waals surface area contributed by atoms with E-state index in [1.807, 2.05) is 42.8 Å². The molecule has 168 valence electrons. The molecule has 1 aromatic heterocycles. The van der Waals surface area contributed by atoms with Crippen molar-refractivity contribution in [3.05, 3.63) is 65.5 Å². The number of hydrogen-bond acceptors (Lipinski definition) is 7. The Bertz CT molecular complexity index is 1080. The highest BCUT2D eigenvalue weighted by Gasteiger charge is 2.19. The van der Waals surface area contributed by atoms with Crippen LogP contribution >= 0.6 is 11.8 Å². The molecule has 1 amide bonds. The third kappa shape index (κ3) is 5.67. The van der Waals surface area contributed by atoms with Crippen LogP contribution in [-0.2, 0) is 23.0 Å². The van der Waals surface area contributed by atoms with E-state index in [1.165, 1.54) is 24.4 Å². The molecule has 1 unspecified atom stereocenters. The van der Waals surface area contributed by atoms with Crippen molar-refractivity contribution in [3.8, 4) is 5.75 Å². The van der Waals surface area contributed by atoms with Crippen LogP contribution in [0.15, 0.2) is 53.7 Å². The second kappa shape index (κ2) is 10.8. The van der Waals surface area contributed by atoms with Crippen molar-refractivity contribution in [2.75, 3.05) is 18.2 Å². The van der Waals surface area contributed by atoms with Crippen LogP contribution in [0.3, 0.4) is 0 Å². The summed E-state index contributed by atoms with van der Waals surface area (Å²) in [6, 6.07) is 14.7. The number of benzene rings is 2. The fourth-order valence-corrected chi connectivity index (χ4v) is 3.78. The van der Waals surface area contributed by atoms with Gasteiger partial charge in [-0.15, -0.1) is 10.2 Å². The second-order valence-electron chi connectivity index (χ2n) is 7.03. The Labute approximate surface area is 191 Å². The van der Waals surface area contributed by atoms with Crippen LogP contribution in [-0.4, -0.2) is 39.5 Å². The molecule has 9 heteroatoms. The van der Waals surface area contributed by atoms with Crippen molar-refractivity contribution < 1.29 is 19.1 Å². The molecular weight excluding hydrogens is 428 g/mol. The van der Waals surface area contributed by atoms with Gasteiger partial charge in [-0.05, 0) is 43.2 Å². The minimum atomic E-state index is -0.509. The van der Waals surface area contributed by atoms with Gasteiger partial charge in [0, 0.05) is 7.05 Å². The monoisotopic (exact) mass is 454 g/mol. The summed E-state index contributed by atoms with van der Waals surface area (Å²) >= 11 is 1.25.